The van der Waals surface area contributed by atoms with Crippen molar-refractivity contribution in [3.63, 3.8) is 0 Å². The molecule has 0 radical (unpaired) electrons. The molecule has 0 saturated carbocycles. The third-order valence-corrected chi connectivity index (χ3v) is 10.1. The summed E-state index contributed by atoms with van der Waals surface area (Å²) in [6.07, 6.45) is 13.7. The molecule has 4 aliphatic heterocycles. The zero-order chi connectivity index (χ0) is 30.0. The lowest BCUT2D eigenvalue weighted by molar-refractivity contribution is 0.0559. The molecule has 1 unspecified atom stereocenters. The van der Waals surface area contributed by atoms with Gasteiger partial charge in [-0.3, -0.25) is 9.88 Å². The molecule has 7 nitrogen and oxygen atoms in total. The molecular weight excluding hydrogens is 558 g/mol. The first-order valence-corrected chi connectivity index (χ1v) is 15.5. The number of piperazine rings is 1. The molecule has 0 amide bonds. The summed E-state index contributed by atoms with van der Waals surface area (Å²) in [5, 5.41) is 5.34. The van der Waals surface area contributed by atoms with Crippen LogP contribution in [0.25, 0.3) is 32.9 Å². The maximum absolute atomic E-state index is 16.8. The maximum Gasteiger partial charge on any atom is 0.319 e. The fraction of sp³-hybridized carbons (Fsp3) is 0.400. The molecule has 9 heteroatoms. The minimum Gasteiger partial charge on any atom is -0.461 e. The number of halogens is 2. The van der Waals surface area contributed by atoms with Crippen molar-refractivity contribution in [3.8, 4) is 29.6 Å². The number of nitrogens with zero attached hydrogens (tertiary/aromatic N) is 5. The van der Waals surface area contributed by atoms with Crippen LogP contribution in [-0.4, -0.2) is 70.3 Å². The second-order valence-electron chi connectivity index (χ2n) is 12.8. The van der Waals surface area contributed by atoms with Crippen LogP contribution in [0.2, 0.25) is 0 Å². The highest BCUT2D eigenvalue weighted by Gasteiger charge is 2.44. The molecule has 4 aromatic rings. The third kappa shape index (κ3) is 4.42. The fourth-order valence-electron chi connectivity index (χ4n) is 7.89. The Bertz CT molecular complexity index is 1860. The van der Waals surface area contributed by atoms with Gasteiger partial charge in [-0.05, 0) is 56.5 Å². The van der Waals surface area contributed by atoms with Gasteiger partial charge in [-0.2, -0.15) is 9.97 Å². The van der Waals surface area contributed by atoms with Gasteiger partial charge in [-0.1, -0.05) is 42.3 Å². The van der Waals surface area contributed by atoms with Gasteiger partial charge in [0, 0.05) is 48.9 Å². The Kier molecular flexibility index (Phi) is 6.54. The van der Waals surface area contributed by atoms with Crippen LogP contribution < -0.4 is 15.0 Å². The molecule has 44 heavy (non-hydrogen) atoms. The van der Waals surface area contributed by atoms with Crippen molar-refractivity contribution < 1.29 is 13.5 Å². The lowest BCUT2D eigenvalue weighted by Crippen LogP contribution is -2.52. The van der Waals surface area contributed by atoms with Gasteiger partial charge in [0.1, 0.15) is 29.5 Å². The number of ether oxygens (including phenoxy) is 1. The Morgan fingerprint density at radius 2 is 1.95 bits per heavy atom. The Balaban J connectivity index is 1.25. The van der Waals surface area contributed by atoms with Crippen LogP contribution in [0.1, 0.15) is 44.1 Å². The fourth-order valence-corrected chi connectivity index (χ4v) is 7.89. The predicted octanol–water partition coefficient (Wildman–Crippen LogP) is 5.61. The van der Waals surface area contributed by atoms with Gasteiger partial charge in [0.25, 0.3) is 0 Å². The number of aromatic nitrogens is 3. The van der Waals surface area contributed by atoms with E-state index >= 15 is 4.39 Å². The van der Waals surface area contributed by atoms with E-state index in [4.69, 9.17) is 16.1 Å². The van der Waals surface area contributed by atoms with Crippen molar-refractivity contribution >= 4 is 27.5 Å². The topological polar surface area (TPSA) is 66.4 Å². The second-order valence-corrected chi connectivity index (χ2v) is 12.8. The van der Waals surface area contributed by atoms with E-state index in [9.17, 15) is 4.39 Å². The summed E-state index contributed by atoms with van der Waals surface area (Å²) in [5.74, 6) is 1.95. The zero-order valence-corrected chi connectivity index (χ0v) is 24.6. The Labute approximate surface area is 255 Å². The largest absolute Gasteiger partial charge is 0.461 e. The highest BCUT2D eigenvalue weighted by atomic mass is 19.1. The van der Waals surface area contributed by atoms with Crippen molar-refractivity contribution in [1.82, 2.24) is 25.2 Å². The molecular formula is C35H34F2N6O. The molecule has 0 spiro atoms. The van der Waals surface area contributed by atoms with E-state index in [2.05, 4.69) is 37.6 Å². The van der Waals surface area contributed by atoms with Crippen LogP contribution in [0.15, 0.2) is 48.7 Å². The average Bonchev–Trinajstić information content (AvgIpc) is 3.61. The van der Waals surface area contributed by atoms with Crippen LogP contribution in [0.5, 0.6) is 6.01 Å². The summed E-state index contributed by atoms with van der Waals surface area (Å²) >= 11 is 0. The minimum atomic E-state index is -0.608. The zero-order valence-electron chi connectivity index (χ0n) is 24.6. The second kappa shape index (κ2) is 10.5. The van der Waals surface area contributed by atoms with Crippen LogP contribution in [0.4, 0.5) is 14.6 Å². The van der Waals surface area contributed by atoms with E-state index < -0.39 is 11.6 Å². The van der Waals surface area contributed by atoms with Crippen molar-refractivity contribution in [1.29, 1.82) is 0 Å². The normalized spacial score (nSPS) is 25.0. The summed E-state index contributed by atoms with van der Waals surface area (Å²) in [5.41, 5.74) is 1.86. The molecule has 8 rings (SSSR count). The van der Waals surface area contributed by atoms with Gasteiger partial charge in [0.2, 0.25) is 0 Å². The number of fused-ring (bicyclic) bond motifs is 5. The van der Waals surface area contributed by atoms with Gasteiger partial charge < -0.3 is 15.0 Å². The van der Waals surface area contributed by atoms with Crippen LogP contribution in [0.3, 0.4) is 0 Å². The number of piperidine rings is 1. The maximum atomic E-state index is 16.8. The molecule has 3 atom stereocenters. The predicted molar refractivity (Wildman–Crippen MR) is 168 cm³/mol. The first kappa shape index (κ1) is 27.4. The number of hydrogen-bond acceptors (Lipinski definition) is 7. The summed E-state index contributed by atoms with van der Waals surface area (Å²) in [6, 6.07) is 9.20. The summed E-state index contributed by atoms with van der Waals surface area (Å²) in [7, 11) is 0. The number of hydrogen-bond donors (Lipinski definition) is 1. The lowest BCUT2D eigenvalue weighted by Gasteiger charge is -2.42. The average molecular weight is 593 g/mol. The Hall–Kier alpha value is -4.13. The highest BCUT2D eigenvalue weighted by molar-refractivity contribution is 6.02. The molecule has 6 heterocycles. The molecule has 0 aliphatic carbocycles. The molecule has 2 bridgehead atoms. The summed E-state index contributed by atoms with van der Waals surface area (Å²) < 4.78 is 38.0. The molecule has 4 aliphatic rings. The standard InChI is InChI=1S/C35H34F2N6O/c1-3-25-28(36)11-8-22-6-4-7-26(29(22)25)31-30(37)32-27(16-38-31)33(42-18-23-9-10-24(19-42)39-23)41-34(40-32)44-20-35-13-5-15-43(35)17-21(2)12-14-35/h1,4,6-8,11,16,23-24,39H,2,5,9-10,12-15,17-20H2/t23-,24+,35?. The van der Waals surface area contributed by atoms with Crippen molar-refractivity contribution in [2.75, 3.05) is 37.7 Å². The minimum absolute atomic E-state index is 0.0625. The number of nitrogens with one attached hydrogen (secondary N) is 1. The monoisotopic (exact) mass is 592 g/mol. The van der Waals surface area contributed by atoms with Crippen LogP contribution in [0, 0.1) is 24.0 Å². The molecule has 2 aromatic heterocycles. The Morgan fingerprint density at radius 3 is 2.77 bits per heavy atom. The third-order valence-electron chi connectivity index (χ3n) is 10.1. The van der Waals surface area contributed by atoms with E-state index in [1.54, 1.807) is 24.4 Å². The van der Waals surface area contributed by atoms with E-state index in [1.807, 2.05) is 6.07 Å². The first-order valence-electron chi connectivity index (χ1n) is 15.5. The molecule has 224 valence electrons. The van der Waals surface area contributed by atoms with Gasteiger partial charge in [0.15, 0.2) is 5.82 Å². The number of anilines is 1. The van der Waals surface area contributed by atoms with Crippen molar-refractivity contribution in [3.05, 3.63) is 65.9 Å². The molecule has 1 N–H and O–H groups in total. The van der Waals surface area contributed by atoms with Gasteiger partial charge in [-0.25, -0.2) is 8.78 Å². The van der Waals surface area contributed by atoms with Gasteiger partial charge >= 0.3 is 6.01 Å². The quantitative estimate of drug-likeness (QED) is 0.239. The SMILES string of the molecule is C#Cc1c(F)ccc2cccc(-c3ncc4c(N5C[C@H]6CC[C@@H](C5)N6)nc(OCC56CCCN5CC(=C)CC6)nc4c3F)c12. The smallest absolute Gasteiger partial charge is 0.319 e. The van der Waals surface area contributed by atoms with E-state index in [0.29, 0.717) is 46.2 Å². The van der Waals surface area contributed by atoms with Crippen LogP contribution >= 0.6 is 0 Å². The van der Waals surface area contributed by atoms with Gasteiger partial charge in [0.05, 0.1) is 16.5 Å². The lowest BCUT2D eigenvalue weighted by atomic mass is 9.86. The summed E-state index contributed by atoms with van der Waals surface area (Å²) in [6.45, 7) is 8.08. The van der Waals surface area contributed by atoms with Crippen LogP contribution in [-0.2, 0) is 0 Å². The highest BCUT2D eigenvalue weighted by Crippen LogP contribution is 2.41. The molecule has 4 saturated heterocycles. The number of benzene rings is 2. The molecule has 2 aromatic carbocycles. The van der Waals surface area contributed by atoms with Crippen molar-refractivity contribution in [2.24, 2.45) is 0 Å². The number of rotatable bonds is 5. The van der Waals surface area contributed by atoms with Crippen molar-refractivity contribution in [2.45, 2.75) is 56.1 Å². The number of terminal acetylenes is 1. The number of pyridine rings is 1. The summed E-state index contributed by atoms with van der Waals surface area (Å²) in [4.78, 5) is 18.9. The van der Waals surface area contributed by atoms with Gasteiger partial charge in [-0.15, -0.1) is 6.42 Å². The van der Waals surface area contributed by atoms with E-state index in [0.717, 1.165) is 64.7 Å². The first-order chi connectivity index (χ1) is 21.4. The Morgan fingerprint density at radius 1 is 1.11 bits per heavy atom. The van der Waals surface area contributed by atoms with E-state index in [1.165, 1.54) is 11.6 Å². The van der Waals surface area contributed by atoms with E-state index in [-0.39, 0.29) is 28.3 Å². The molecule has 4 fully saturated rings.